The van der Waals surface area contributed by atoms with Crippen molar-refractivity contribution in [3.8, 4) is 0 Å². The van der Waals surface area contributed by atoms with Gasteiger partial charge in [0.05, 0.1) is 0 Å². The maximum absolute atomic E-state index is 12.5. The molecule has 0 aromatic carbocycles. The summed E-state index contributed by atoms with van der Waals surface area (Å²) in [6, 6.07) is 0.522. The first-order valence-corrected chi connectivity index (χ1v) is 6.97. The summed E-state index contributed by atoms with van der Waals surface area (Å²) in [5.74, 6) is 1.02. The van der Waals surface area contributed by atoms with Gasteiger partial charge in [0, 0.05) is 24.5 Å². The Morgan fingerprint density at radius 1 is 1.29 bits per heavy atom. The normalized spacial score (nSPS) is 25.4. The molecule has 2 atom stereocenters. The topological polar surface area (TPSA) is 46.3 Å². The lowest BCUT2D eigenvalue weighted by atomic mass is 9.85. The first-order valence-electron chi connectivity index (χ1n) is 6.97. The van der Waals surface area contributed by atoms with E-state index in [1.54, 1.807) is 0 Å². The molecule has 1 rings (SSSR count). The summed E-state index contributed by atoms with van der Waals surface area (Å²) >= 11 is 0. The average Bonchev–Trinajstić information content (AvgIpc) is 2.24. The fraction of sp³-hybridized carbons (Fsp3) is 0.929. The molecular formula is C14H28N2O. The van der Waals surface area contributed by atoms with Crippen molar-refractivity contribution in [2.75, 3.05) is 6.54 Å². The molecular weight excluding hydrogens is 212 g/mol. The molecule has 2 unspecified atom stereocenters. The number of amides is 1. The zero-order valence-electron chi connectivity index (χ0n) is 11.8. The number of nitrogens with zero attached hydrogens (tertiary/aromatic N) is 1. The van der Waals surface area contributed by atoms with Gasteiger partial charge in [-0.25, -0.2) is 0 Å². The van der Waals surface area contributed by atoms with Gasteiger partial charge in [-0.3, -0.25) is 4.79 Å². The Hall–Kier alpha value is -0.570. The van der Waals surface area contributed by atoms with Crippen molar-refractivity contribution >= 4 is 5.91 Å². The van der Waals surface area contributed by atoms with Gasteiger partial charge in [-0.15, -0.1) is 0 Å². The summed E-state index contributed by atoms with van der Waals surface area (Å²) in [5, 5.41) is 0. The van der Waals surface area contributed by atoms with Gasteiger partial charge in [0.15, 0.2) is 0 Å². The van der Waals surface area contributed by atoms with Crippen molar-refractivity contribution in [3.05, 3.63) is 0 Å². The molecule has 2 N–H and O–H groups in total. The van der Waals surface area contributed by atoms with Crippen LogP contribution in [0.1, 0.15) is 53.4 Å². The van der Waals surface area contributed by atoms with E-state index in [-0.39, 0.29) is 12.0 Å². The van der Waals surface area contributed by atoms with Gasteiger partial charge < -0.3 is 10.6 Å². The molecule has 1 saturated carbocycles. The van der Waals surface area contributed by atoms with E-state index in [1.165, 1.54) is 0 Å². The van der Waals surface area contributed by atoms with Crippen LogP contribution in [-0.2, 0) is 4.79 Å². The maximum Gasteiger partial charge on any atom is 0.225 e. The molecule has 3 heteroatoms. The molecule has 0 spiro atoms. The maximum atomic E-state index is 12.5. The Morgan fingerprint density at radius 3 is 2.41 bits per heavy atom. The predicted molar refractivity (Wildman–Crippen MR) is 71.6 cm³/mol. The fourth-order valence-electron chi connectivity index (χ4n) is 2.64. The SMILES string of the molecule is CC(C)CN(C(=O)C1CCCC(N)C1)C(C)C. The summed E-state index contributed by atoms with van der Waals surface area (Å²) in [4.78, 5) is 14.5. The van der Waals surface area contributed by atoms with E-state index in [1.807, 2.05) is 4.90 Å². The van der Waals surface area contributed by atoms with Crippen LogP contribution >= 0.6 is 0 Å². The van der Waals surface area contributed by atoms with Crippen LogP contribution in [0.15, 0.2) is 0 Å². The molecule has 17 heavy (non-hydrogen) atoms. The zero-order chi connectivity index (χ0) is 13.0. The van der Waals surface area contributed by atoms with E-state index in [4.69, 9.17) is 5.73 Å². The zero-order valence-corrected chi connectivity index (χ0v) is 11.8. The quantitative estimate of drug-likeness (QED) is 0.820. The lowest BCUT2D eigenvalue weighted by Crippen LogP contribution is -2.45. The second-order valence-corrected chi connectivity index (χ2v) is 6.10. The molecule has 1 amide bonds. The van der Waals surface area contributed by atoms with E-state index in [9.17, 15) is 4.79 Å². The standard InChI is InChI=1S/C14H28N2O/c1-10(2)9-16(11(3)4)14(17)12-6-5-7-13(15)8-12/h10-13H,5-9,15H2,1-4H3. The Balaban J connectivity index is 2.63. The van der Waals surface area contributed by atoms with Gasteiger partial charge in [-0.2, -0.15) is 0 Å². The molecule has 0 aliphatic heterocycles. The van der Waals surface area contributed by atoms with E-state index in [2.05, 4.69) is 27.7 Å². The van der Waals surface area contributed by atoms with Crippen molar-refractivity contribution < 1.29 is 4.79 Å². The van der Waals surface area contributed by atoms with E-state index < -0.39 is 0 Å². The summed E-state index contributed by atoms with van der Waals surface area (Å²) < 4.78 is 0. The van der Waals surface area contributed by atoms with Crippen LogP contribution in [0.25, 0.3) is 0 Å². The molecule has 0 saturated heterocycles. The second kappa shape index (κ2) is 6.39. The van der Waals surface area contributed by atoms with Crippen LogP contribution in [0.4, 0.5) is 0 Å². The second-order valence-electron chi connectivity index (χ2n) is 6.10. The minimum Gasteiger partial charge on any atom is -0.340 e. The molecule has 100 valence electrons. The smallest absolute Gasteiger partial charge is 0.225 e. The molecule has 1 aliphatic carbocycles. The Bertz CT molecular complexity index is 251. The van der Waals surface area contributed by atoms with Crippen LogP contribution in [0, 0.1) is 11.8 Å². The Morgan fingerprint density at radius 2 is 1.94 bits per heavy atom. The monoisotopic (exact) mass is 240 g/mol. The van der Waals surface area contributed by atoms with Gasteiger partial charge >= 0.3 is 0 Å². The fourth-order valence-corrected chi connectivity index (χ4v) is 2.64. The van der Waals surface area contributed by atoms with Crippen LogP contribution in [-0.4, -0.2) is 29.4 Å². The van der Waals surface area contributed by atoms with Gasteiger partial charge in [-0.1, -0.05) is 20.3 Å². The van der Waals surface area contributed by atoms with E-state index in [0.717, 1.165) is 32.2 Å². The van der Waals surface area contributed by atoms with Crippen molar-refractivity contribution in [1.29, 1.82) is 0 Å². The summed E-state index contributed by atoms with van der Waals surface area (Å²) in [7, 11) is 0. The molecule has 0 aromatic rings. The van der Waals surface area contributed by atoms with Crippen molar-refractivity contribution in [2.45, 2.75) is 65.5 Å². The minimum atomic E-state index is 0.167. The minimum absolute atomic E-state index is 0.167. The summed E-state index contributed by atoms with van der Waals surface area (Å²) in [6.07, 6.45) is 4.08. The summed E-state index contributed by atoms with van der Waals surface area (Å²) in [5.41, 5.74) is 5.97. The van der Waals surface area contributed by atoms with Gasteiger partial charge in [0.25, 0.3) is 0 Å². The summed E-state index contributed by atoms with van der Waals surface area (Å²) in [6.45, 7) is 9.39. The molecule has 0 heterocycles. The molecule has 0 radical (unpaired) electrons. The number of nitrogens with two attached hydrogens (primary N) is 1. The van der Waals surface area contributed by atoms with Gasteiger partial charge in [-0.05, 0) is 39.0 Å². The molecule has 1 fully saturated rings. The average molecular weight is 240 g/mol. The third-order valence-corrected chi connectivity index (χ3v) is 3.53. The number of carbonyl (C=O) groups excluding carboxylic acids is 1. The van der Waals surface area contributed by atoms with Crippen molar-refractivity contribution in [1.82, 2.24) is 4.90 Å². The molecule has 1 aliphatic rings. The van der Waals surface area contributed by atoms with E-state index in [0.29, 0.717) is 17.9 Å². The lowest BCUT2D eigenvalue weighted by Gasteiger charge is -2.34. The molecule has 0 aromatic heterocycles. The Labute approximate surface area is 106 Å². The number of carbonyl (C=O) groups is 1. The number of hydrogen-bond donors (Lipinski definition) is 1. The molecule has 3 nitrogen and oxygen atoms in total. The van der Waals surface area contributed by atoms with Crippen LogP contribution in [0.3, 0.4) is 0 Å². The number of hydrogen-bond acceptors (Lipinski definition) is 2. The molecule has 0 bridgehead atoms. The van der Waals surface area contributed by atoms with Crippen LogP contribution in [0.5, 0.6) is 0 Å². The Kier molecular flexibility index (Phi) is 5.44. The first kappa shape index (κ1) is 14.5. The highest BCUT2D eigenvalue weighted by Crippen LogP contribution is 2.26. The highest BCUT2D eigenvalue weighted by atomic mass is 16.2. The van der Waals surface area contributed by atoms with E-state index >= 15 is 0 Å². The van der Waals surface area contributed by atoms with Crippen LogP contribution in [0.2, 0.25) is 0 Å². The third-order valence-electron chi connectivity index (χ3n) is 3.53. The first-order chi connectivity index (χ1) is 7.91. The largest absolute Gasteiger partial charge is 0.340 e. The van der Waals surface area contributed by atoms with Crippen molar-refractivity contribution in [2.24, 2.45) is 17.6 Å². The van der Waals surface area contributed by atoms with Gasteiger partial charge in [0.2, 0.25) is 5.91 Å². The highest BCUT2D eigenvalue weighted by Gasteiger charge is 2.30. The predicted octanol–water partition coefficient (Wildman–Crippen LogP) is 2.40. The third kappa shape index (κ3) is 4.30. The highest BCUT2D eigenvalue weighted by molar-refractivity contribution is 5.79. The van der Waals surface area contributed by atoms with Crippen molar-refractivity contribution in [3.63, 3.8) is 0 Å². The lowest BCUT2D eigenvalue weighted by molar-refractivity contribution is -0.139. The van der Waals surface area contributed by atoms with Crippen LogP contribution < -0.4 is 5.73 Å². The van der Waals surface area contributed by atoms with Gasteiger partial charge in [0.1, 0.15) is 0 Å². The number of rotatable bonds is 4.